The zero-order valence-electron chi connectivity index (χ0n) is 16.7. The van der Waals surface area contributed by atoms with E-state index >= 15 is 0 Å². The van der Waals surface area contributed by atoms with Gasteiger partial charge in [0.25, 0.3) is 0 Å². The van der Waals surface area contributed by atoms with Gasteiger partial charge in [-0.3, -0.25) is 4.90 Å². The molecule has 1 aromatic heterocycles. The summed E-state index contributed by atoms with van der Waals surface area (Å²) in [6.45, 7) is 8.98. The number of piperazine rings is 1. The van der Waals surface area contributed by atoms with E-state index in [2.05, 4.69) is 15.2 Å². The number of carbonyl (C=O) groups excluding carboxylic acids is 1. The number of aromatic nitrogens is 1. The van der Waals surface area contributed by atoms with E-state index in [1.807, 2.05) is 31.2 Å². The Morgan fingerprint density at radius 1 is 1.14 bits per heavy atom. The van der Waals surface area contributed by atoms with E-state index in [0.717, 1.165) is 18.7 Å². The highest BCUT2D eigenvalue weighted by molar-refractivity contribution is 5.89. The lowest BCUT2D eigenvalue weighted by Crippen LogP contribution is -2.52. The molecule has 2 heterocycles. The van der Waals surface area contributed by atoms with Gasteiger partial charge in [0.2, 0.25) is 5.88 Å². The van der Waals surface area contributed by atoms with Crippen LogP contribution >= 0.6 is 0 Å². The highest BCUT2D eigenvalue weighted by atomic mass is 16.5. The molecule has 28 heavy (non-hydrogen) atoms. The van der Waals surface area contributed by atoms with Gasteiger partial charge < -0.3 is 20.1 Å². The molecule has 1 aliphatic rings. The third kappa shape index (κ3) is 5.94. The fourth-order valence-electron chi connectivity index (χ4n) is 3.10. The second-order valence-corrected chi connectivity index (χ2v) is 7.81. The van der Waals surface area contributed by atoms with Gasteiger partial charge in [0.1, 0.15) is 5.75 Å². The first-order valence-electron chi connectivity index (χ1n) is 9.50. The topological polar surface area (TPSA) is 77.9 Å². The van der Waals surface area contributed by atoms with E-state index in [9.17, 15) is 9.90 Å². The molecule has 7 heteroatoms. The molecule has 0 radical (unpaired) electrons. The van der Waals surface area contributed by atoms with E-state index < -0.39 is 5.60 Å². The van der Waals surface area contributed by atoms with Crippen LogP contribution in [0.25, 0.3) is 0 Å². The number of aryl methyl sites for hydroxylation is 1. The second kappa shape index (κ2) is 8.58. The van der Waals surface area contributed by atoms with Crippen LogP contribution in [0, 0.1) is 6.92 Å². The van der Waals surface area contributed by atoms with Crippen molar-refractivity contribution < 1.29 is 14.6 Å². The normalized spacial score (nSPS) is 15.4. The predicted octanol–water partition coefficient (Wildman–Crippen LogP) is 3.10. The first kappa shape index (κ1) is 20.1. The predicted molar refractivity (Wildman–Crippen MR) is 109 cm³/mol. The monoisotopic (exact) mass is 384 g/mol. The molecule has 0 atom stereocenters. The van der Waals surface area contributed by atoms with Crippen LogP contribution in [-0.4, -0.2) is 64.2 Å². The van der Waals surface area contributed by atoms with Crippen LogP contribution in [0.2, 0.25) is 0 Å². The number of β-amino-alcohol motifs (C(OH)–C–C–N with tert-alkyl or cyclic N) is 1. The molecule has 1 saturated heterocycles. The van der Waals surface area contributed by atoms with Gasteiger partial charge in [-0.05, 0) is 50.6 Å². The molecule has 0 bridgehead atoms. The van der Waals surface area contributed by atoms with E-state index in [4.69, 9.17) is 4.74 Å². The highest BCUT2D eigenvalue weighted by Crippen LogP contribution is 2.22. The molecule has 1 fully saturated rings. The zero-order valence-corrected chi connectivity index (χ0v) is 16.7. The maximum Gasteiger partial charge on any atom is 0.321 e. The molecule has 1 aliphatic heterocycles. The average Bonchev–Trinajstić information content (AvgIpc) is 2.64. The Labute approximate surface area is 165 Å². The van der Waals surface area contributed by atoms with Gasteiger partial charge in [-0.15, -0.1) is 0 Å². The molecule has 0 spiro atoms. The van der Waals surface area contributed by atoms with Gasteiger partial charge in [0, 0.05) is 50.7 Å². The van der Waals surface area contributed by atoms with Crippen LogP contribution in [0.3, 0.4) is 0 Å². The Bertz CT molecular complexity index is 777. The SMILES string of the molecule is Cc1ccc(Oc2ccc(NC(=O)N3CCN(CC(C)(C)O)CC3)cc2)nc1. The number of amides is 2. The Balaban J connectivity index is 1.49. The Hall–Kier alpha value is -2.64. The van der Waals surface area contributed by atoms with Crippen molar-refractivity contribution in [1.82, 2.24) is 14.8 Å². The molecule has 2 amide bonds. The molecule has 7 nitrogen and oxygen atoms in total. The number of ether oxygens (including phenoxy) is 1. The number of nitrogens with zero attached hydrogens (tertiary/aromatic N) is 3. The number of hydrogen-bond acceptors (Lipinski definition) is 5. The van der Waals surface area contributed by atoms with Crippen LogP contribution in [0.15, 0.2) is 42.6 Å². The van der Waals surface area contributed by atoms with Crippen LogP contribution in [-0.2, 0) is 0 Å². The van der Waals surface area contributed by atoms with Crippen molar-refractivity contribution in [2.45, 2.75) is 26.4 Å². The number of rotatable bonds is 5. The van der Waals surface area contributed by atoms with E-state index in [0.29, 0.717) is 37.0 Å². The molecule has 1 aromatic carbocycles. The molecular weight excluding hydrogens is 356 g/mol. The second-order valence-electron chi connectivity index (χ2n) is 7.81. The number of hydrogen-bond donors (Lipinski definition) is 2. The third-order valence-corrected chi connectivity index (χ3v) is 4.48. The number of aliphatic hydroxyl groups is 1. The Kier molecular flexibility index (Phi) is 6.16. The van der Waals surface area contributed by atoms with Crippen molar-refractivity contribution in [3.63, 3.8) is 0 Å². The number of nitrogens with one attached hydrogen (secondary N) is 1. The fourth-order valence-corrected chi connectivity index (χ4v) is 3.10. The largest absolute Gasteiger partial charge is 0.439 e. The molecule has 0 saturated carbocycles. The van der Waals surface area contributed by atoms with E-state index in [1.165, 1.54) is 0 Å². The van der Waals surface area contributed by atoms with Crippen molar-refractivity contribution in [1.29, 1.82) is 0 Å². The van der Waals surface area contributed by atoms with Gasteiger partial charge in [0.05, 0.1) is 5.60 Å². The Morgan fingerprint density at radius 3 is 2.39 bits per heavy atom. The van der Waals surface area contributed by atoms with Gasteiger partial charge >= 0.3 is 6.03 Å². The smallest absolute Gasteiger partial charge is 0.321 e. The lowest BCUT2D eigenvalue weighted by Gasteiger charge is -2.37. The summed E-state index contributed by atoms with van der Waals surface area (Å²) in [5, 5.41) is 12.8. The summed E-state index contributed by atoms with van der Waals surface area (Å²) in [6.07, 6.45) is 1.76. The number of benzene rings is 1. The number of carbonyl (C=O) groups is 1. The maximum absolute atomic E-state index is 12.5. The van der Waals surface area contributed by atoms with Crippen LogP contribution < -0.4 is 10.1 Å². The van der Waals surface area contributed by atoms with Crippen molar-refractivity contribution in [3.8, 4) is 11.6 Å². The van der Waals surface area contributed by atoms with Crippen molar-refractivity contribution in [2.75, 3.05) is 38.0 Å². The molecule has 150 valence electrons. The average molecular weight is 384 g/mol. The minimum atomic E-state index is -0.720. The minimum absolute atomic E-state index is 0.114. The van der Waals surface area contributed by atoms with Crippen molar-refractivity contribution >= 4 is 11.7 Å². The molecule has 2 N–H and O–H groups in total. The van der Waals surface area contributed by atoms with Crippen molar-refractivity contribution in [2.24, 2.45) is 0 Å². The summed E-state index contributed by atoms with van der Waals surface area (Å²) in [6, 6.07) is 10.9. The standard InChI is InChI=1S/C21H28N4O3/c1-16-4-9-19(22-14-16)28-18-7-5-17(6-8-18)23-20(26)25-12-10-24(11-13-25)15-21(2,3)27/h4-9,14,27H,10-13,15H2,1-3H3,(H,23,26). The molecule has 0 unspecified atom stereocenters. The van der Waals surface area contributed by atoms with Gasteiger partial charge in [-0.1, -0.05) is 6.07 Å². The lowest BCUT2D eigenvalue weighted by atomic mass is 10.1. The first-order chi connectivity index (χ1) is 13.3. The molecule has 0 aliphatic carbocycles. The van der Waals surface area contributed by atoms with E-state index in [1.54, 1.807) is 37.1 Å². The summed E-state index contributed by atoms with van der Waals surface area (Å²) in [5.41, 5.74) is 1.07. The van der Waals surface area contributed by atoms with E-state index in [-0.39, 0.29) is 6.03 Å². The molecule has 3 rings (SSSR count). The molecule has 2 aromatic rings. The fraction of sp³-hybridized carbons (Fsp3) is 0.429. The number of anilines is 1. The number of pyridine rings is 1. The summed E-state index contributed by atoms with van der Waals surface area (Å²) < 4.78 is 5.70. The first-order valence-corrected chi connectivity index (χ1v) is 9.50. The third-order valence-electron chi connectivity index (χ3n) is 4.48. The summed E-state index contributed by atoms with van der Waals surface area (Å²) in [4.78, 5) is 20.7. The van der Waals surface area contributed by atoms with Gasteiger partial charge in [-0.2, -0.15) is 0 Å². The maximum atomic E-state index is 12.5. The van der Waals surface area contributed by atoms with Crippen LogP contribution in [0.1, 0.15) is 19.4 Å². The van der Waals surface area contributed by atoms with Crippen LogP contribution in [0.5, 0.6) is 11.6 Å². The molecular formula is C21H28N4O3. The van der Waals surface area contributed by atoms with Crippen LogP contribution in [0.4, 0.5) is 10.5 Å². The summed E-state index contributed by atoms with van der Waals surface area (Å²) >= 11 is 0. The summed E-state index contributed by atoms with van der Waals surface area (Å²) in [7, 11) is 0. The Morgan fingerprint density at radius 2 is 1.82 bits per heavy atom. The van der Waals surface area contributed by atoms with Crippen molar-refractivity contribution in [3.05, 3.63) is 48.2 Å². The quantitative estimate of drug-likeness (QED) is 0.828. The van der Waals surface area contributed by atoms with Gasteiger partial charge in [0.15, 0.2) is 0 Å². The summed E-state index contributed by atoms with van der Waals surface area (Å²) in [5.74, 6) is 1.20. The number of urea groups is 1. The zero-order chi connectivity index (χ0) is 20.1. The van der Waals surface area contributed by atoms with Gasteiger partial charge in [-0.25, -0.2) is 9.78 Å². The highest BCUT2D eigenvalue weighted by Gasteiger charge is 2.25. The minimum Gasteiger partial charge on any atom is -0.439 e. The lowest BCUT2D eigenvalue weighted by molar-refractivity contribution is 0.0231.